The number of aryl methyl sites for hydroxylation is 1. The number of benzene rings is 2. The fourth-order valence-corrected chi connectivity index (χ4v) is 5.55. The molecular formula is C27H25ClN8O3. The number of aromatic nitrogens is 5. The monoisotopic (exact) mass is 544 g/mol. The Morgan fingerprint density at radius 2 is 2.05 bits per heavy atom. The third kappa shape index (κ3) is 4.72. The summed E-state index contributed by atoms with van der Waals surface area (Å²) in [6, 6.07) is 16.6. The molecule has 12 heteroatoms. The van der Waals surface area contributed by atoms with Gasteiger partial charge < -0.3 is 25.2 Å². The van der Waals surface area contributed by atoms with Crippen LogP contribution in [0.4, 0.5) is 5.69 Å². The summed E-state index contributed by atoms with van der Waals surface area (Å²) < 4.78 is 3.43. The van der Waals surface area contributed by atoms with E-state index in [1.807, 2.05) is 60.3 Å². The maximum atomic E-state index is 13.5. The molecule has 3 N–H and O–H groups in total. The number of carboxylic acid groups (broad SMARTS) is 1. The fraction of sp³-hybridized carbons (Fsp3) is 0.222. The van der Waals surface area contributed by atoms with Crippen LogP contribution in [0.1, 0.15) is 23.7 Å². The van der Waals surface area contributed by atoms with Crippen molar-refractivity contribution in [2.24, 2.45) is 0 Å². The number of carbonyl (C=O) groups is 1. The average Bonchev–Trinajstić information content (AvgIpc) is 3.68. The van der Waals surface area contributed by atoms with Crippen LogP contribution in [0.25, 0.3) is 22.5 Å². The molecule has 4 aromatic rings. The van der Waals surface area contributed by atoms with Gasteiger partial charge in [-0.05, 0) is 65.2 Å². The number of fused-ring (bicyclic) bond motifs is 1. The molecule has 0 aliphatic carbocycles. The smallest absolute Gasteiger partial charge is 0.322 e. The first-order valence-corrected chi connectivity index (χ1v) is 12.8. The van der Waals surface area contributed by atoms with E-state index in [1.165, 1.54) is 6.33 Å². The number of carboxylic acids is 1. The van der Waals surface area contributed by atoms with Gasteiger partial charge in [-0.3, -0.25) is 9.59 Å². The molecule has 4 heterocycles. The van der Waals surface area contributed by atoms with Crippen molar-refractivity contribution in [1.29, 1.82) is 0 Å². The van der Waals surface area contributed by atoms with Crippen LogP contribution in [-0.2, 0) is 11.2 Å². The lowest BCUT2D eigenvalue weighted by molar-refractivity contribution is -0.134. The van der Waals surface area contributed by atoms with E-state index in [0.29, 0.717) is 5.02 Å². The number of pyridine rings is 1. The second-order valence-electron chi connectivity index (χ2n) is 9.59. The number of halogens is 1. The van der Waals surface area contributed by atoms with Gasteiger partial charge in [0, 0.05) is 46.8 Å². The fourth-order valence-electron chi connectivity index (χ4n) is 5.38. The van der Waals surface area contributed by atoms with Gasteiger partial charge in [0.15, 0.2) is 0 Å². The van der Waals surface area contributed by atoms with Gasteiger partial charge in [0.05, 0.1) is 17.4 Å². The zero-order valence-corrected chi connectivity index (χ0v) is 21.7. The minimum absolute atomic E-state index is 0.0769. The number of aliphatic carboxylic acids is 1. The van der Waals surface area contributed by atoms with Crippen LogP contribution in [-0.4, -0.2) is 60.5 Å². The van der Waals surface area contributed by atoms with Crippen molar-refractivity contribution in [1.82, 2.24) is 35.0 Å². The van der Waals surface area contributed by atoms with E-state index in [4.69, 9.17) is 16.7 Å². The molecule has 1 unspecified atom stereocenters. The highest BCUT2D eigenvalue weighted by atomic mass is 35.5. The first-order chi connectivity index (χ1) is 18.9. The molecule has 2 aromatic heterocycles. The molecule has 6 rings (SSSR count). The van der Waals surface area contributed by atoms with Gasteiger partial charge >= 0.3 is 5.97 Å². The van der Waals surface area contributed by atoms with E-state index in [-0.39, 0.29) is 24.3 Å². The molecule has 11 nitrogen and oxygen atoms in total. The Labute approximate surface area is 228 Å². The van der Waals surface area contributed by atoms with E-state index < -0.39 is 5.97 Å². The van der Waals surface area contributed by atoms with E-state index in [1.54, 1.807) is 16.8 Å². The van der Waals surface area contributed by atoms with Crippen molar-refractivity contribution >= 4 is 29.0 Å². The maximum absolute atomic E-state index is 13.5. The Bertz CT molecular complexity index is 1650. The van der Waals surface area contributed by atoms with Gasteiger partial charge in [0.25, 0.3) is 5.56 Å². The predicted molar refractivity (Wildman–Crippen MR) is 146 cm³/mol. The number of nitrogens with zero attached hydrogens (tertiary/aromatic N) is 6. The Hall–Kier alpha value is -4.64. The summed E-state index contributed by atoms with van der Waals surface area (Å²) >= 11 is 6.32. The Morgan fingerprint density at radius 1 is 1.18 bits per heavy atom. The standard InChI is InChI=1S/C27H25ClN8O3/c1-34-14-22(16-3-2-4-19(9-16)29-13-26(38)39)31-27(34)24-8-6-20-10-17(11-25(37)36(20)24)21-12-18(28)5-7-23(21)35-15-30-32-33-35/h2-5,7,9-12,14-15,24,27,29,31H,6,8,13H2,1H3,(H,38,39)/t24-,27?/m0/s1. The summed E-state index contributed by atoms with van der Waals surface area (Å²) in [6.07, 6.45) is 4.96. The second-order valence-corrected chi connectivity index (χ2v) is 10.0. The average molecular weight is 545 g/mol. The summed E-state index contributed by atoms with van der Waals surface area (Å²) in [5.41, 5.74) is 5.69. The SMILES string of the molecule is CN1C=C(c2cccc(NCC(=O)O)c2)NC1[C@@H]1CCc2cc(-c3cc(Cl)ccc3-n3cnnn3)cc(=O)n21. The Kier molecular flexibility index (Phi) is 6.27. The summed E-state index contributed by atoms with van der Waals surface area (Å²) in [5, 5.41) is 27.5. The number of tetrazole rings is 1. The molecule has 0 fully saturated rings. The van der Waals surface area contributed by atoms with E-state index in [0.717, 1.165) is 52.3 Å². The highest BCUT2D eigenvalue weighted by molar-refractivity contribution is 6.31. The van der Waals surface area contributed by atoms with Crippen LogP contribution in [0.2, 0.25) is 5.02 Å². The van der Waals surface area contributed by atoms with Gasteiger partial charge in [-0.15, -0.1) is 5.10 Å². The highest BCUT2D eigenvalue weighted by Crippen LogP contribution is 2.36. The van der Waals surface area contributed by atoms with Crippen molar-refractivity contribution in [2.75, 3.05) is 18.9 Å². The van der Waals surface area contributed by atoms with Crippen molar-refractivity contribution in [3.8, 4) is 16.8 Å². The molecule has 0 spiro atoms. The van der Waals surface area contributed by atoms with E-state index in [9.17, 15) is 9.59 Å². The first-order valence-electron chi connectivity index (χ1n) is 12.4. The molecule has 2 aliphatic rings. The topological polar surface area (TPSA) is 130 Å². The summed E-state index contributed by atoms with van der Waals surface area (Å²) in [6.45, 7) is -0.158. The third-order valence-corrected chi connectivity index (χ3v) is 7.33. The first kappa shape index (κ1) is 24.7. The van der Waals surface area contributed by atoms with Gasteiger partial charge in [0.1, 0.15) is 19.0 Å². The number of hydrogen-bond acceptors (Lipinski definition) is 8. The largest absolute Gasteiger partial charge is 0.480 e. The molecule has 2 atom stereocenters. The van der Waals surface area contributed by atoms with Crippen LogP contribution in [0.5, 0.6) is 0 Å². The predicted octanol–water partition coefficient (Wildman–Crippen LogP) is 2.99. The number of likely N-dealkylation sites (N-methyl/N-ethyl adjacent to an activating group) is 1. The van der Waals surface area contributed by atoms with Crippen LogP contribution < -0.4 is 16.2 Å². The molecule has 0 saturated carbocycles. The van der Waals surface area contributed by atoms with Gasteiger partial charge in [-0.1, -0.05) is 23.7 Å². The third-order valence-electron chi connectivity index (χ3n) is 7.10. The number of nitrogens with one attached hydrogen (secondary N) is 2. The molecule has 0 saturated heterocycles. The normalized spacial score (nSPS) is 18.0. The van der Waals surface area contributed by atoms with Crippen LogP contribution in [0.15, 0.2) is 71.9 Å². The molecule has 0 bridgehead atoms. The zero-order valence-electron chi connectivity index (χ0n) is 21.0. The molecule has 0 radical (unpaired) electrons. The minimum Gasteiger partial charge on any atom is -0.480 e. The molecule has 198 valence electrons. The van der Waals surface area contributed by atoms with Crippen LogP contribution in [0, 0.1) is 0 Å². The summed E-state index contributed by atoms with van der Waals surface area (Å²) in [4.78, 5) is 26.6. The van der Waals surface area contributed by atoms with Gasteiger partial charge in [0.2, 0.25) is 0 Å². The Balaban J connectivity index is 1.28. The lowest BCUT2D eigenvalue weighted by Crippen LogP contribution is -2.43. The van der Waals surface area contributed by atoms with Crippen LogP contribution >= 0.6 is 11.6 Å². The van der Waals surface area contributed by atoms with Crippen molar-refractivity contribution in [2.45, 2.75) is 25.0 Å². The molecule has 39 heavy (non-hydrogen) atoms. The van der Waals surface area contributed by atoms with Crippen LogP contribution in [0.3, 0.4) is 0 Å². The number of hydrogen-bond donors (Lipinski definition) is 3. The molecule has 0 amide bonds. The van der Waals surface area contributed by atoms with Crippen molar-refractivity contribution in [3.63, 3.8) is 0 Å². The number of anilines is 1. The summed E-state index contributed by atoms with van der Waals surface area (Å²) in [5.74, 6) is -0.922. The van der Waals surface area contributed by atoms with Gasteiger partial charge in [-0.2, -0.15) is 4.68 Å². The van der Waals surface area contributed by atoms with Crippen molar-refractivity contribution < 1.29 is 9.90 Å². The number of rotatable bonds is 7. The molecule has 2 aromatic carbocycles. The highest BCUT2D eigenvalue weighted by Gasteiger charge is 2.36. The lowest BCUT2D eigenvalue weighted by atomic mass is 10.0. The van der Waals surface area contributed by atoms with Crippen molar-refractivity contribution in [3.05, 3.63) is 93.8 Å². The summed E-state index contributed by atoms with van der Waals surface area (Å²) in [7, 11) is 1.99. The van der Waals surface area contributed by atoms with Gasteiger partial charge in [-0.25, -0.2) is 0 Å². The zero-order chi connectivity index (χ0) is 27.1. The molecule has 2 aliphatic heterocycles. The quantitative estimate of drug-likeness (QED) is 0.321. The minimum atomic E-state index is -0.922. The Morgan fingerprint density at radius 3 is 2.85 bits per heavy atom. The second kappa shape index (κ2) is 9.91. The molecular weight excluding hydrogens is 520 g/mol. The van der Waals surface area contributed by atoms with E-state index >= 15 is 0 Å². The maximum Gasteiger partial charge on any atom is 0.322 e. The van der Waals surface area contributed by atoms with E-state index in [2.05, 4.69) is 31.1 Å². The lowest BCUT2D eigenvalue weighted by Gasteiger charge is -2.29.